The zero-order valence-corrected chi connectivity index (χ0v) is 18.3. The minimum Gasteiger partial charge on any atom is -0.477 e. The molecule has 1 unspecified atom stereocenters. The van der Waals surface area contributed by atoms with Gasteiger partial charge in [0.25, 0.3) is 5.91 Å². The Morgan fingerprint density at radius 3 is 2.52 bits per heavy atom. The van der Waals surface area contributed by atoms with Crippen molar-refractivity contribution in [3.63, 3.8) is 0 Å². The lowest BCUT2D eigenvalue weighted by Crippen LogP contribution is -2.73. The molecule has 1 saturated heterocycles. The molecule has 0 bridgehead atoms. The highest BCUT2D eigenvalue weighted by Gasteiger charge is 2.57. The van der Waals surface area contributed by atoms with Gasteiger partial charge in [-0.25, -0.2) is 4.79 Å². The highest BCUT2D eigenvalue weighted by atomic mass is 32.2. The molecule has 0 spiro atoms. The van der Waals surface area contributed by atoms with E-state index in [4.69, 9.17) is 0 Å². The van der Waals surface area contributed by atoms with Crippen molar-refractivity contribution in [3.8, 4) is 0 Å². The molecule has 0 saturated carbocycles. The van der Waals surface area contributed by atoms with Crippen molar-refractivity contribution in [2.24, 2.45) is 4.99 Å². The monoisotopic (exact) mass is 446 g/mol. The number of thioether (sulfide) groups is 1. The molecule has 2 aliphatic heterocycles. The number of aliphatic hydroxyl groups excluding tert-OH is 1. The Bertz CT molecular complexity index is 780. The zero-order valence-electron chi connectivity index (χ0n) is 16.7. The van der Waals surface area contributed by atoms with Gasteiger partial charge in [0.1, 0.15) is 17.1 Å². The van der Waals surface area contributed by atoms with E-state index in [-0.39, 0.29) is 34.9 Å². The van der Waals surface area contributed by atoms with Gasteiger partial charge in [-0.2, -0.15) is 0 Å². The highest BCUT2D eigenvalue weighted by molar-refractivity contribution is 8.14. The van der Waals surface area contributed by atoms with Gasteiger partial charge in [-0.05, 0) is 33.3 Å². The van der Waals surface area contributed by atoms with E-state index in [0.29, 0.717) is 5.17 Å². The quantitative estimate of drug-likeness (QED) is 0.226. The van der Waals surface area contributed by atoms with Crippen molar-refractivity contribution < 1.29 is 28.8 Å². The smallest absolute Gasteiger partial charge is 0.352 e. The van der Waals surface area contributed by atoms with E-state index in [1.165, 1.54) is 11.8 Å². The molecule has 0 aliphatic carbocycles. The summed E-state index contributed by atoms with van der Waals surface area (Å²) in [5.41, 5.74) is -0.315. The van der Waals surface area contributed by atoms with Crippen molar-refractivity contribution in [2.75, 3.05) is 18.1 Å². The summed E-state index contributed by atoms with van der Waals surface area (Å²) in [7, 11) is -1.62. The van der Waals surface area contributed by atoms with E-state index in [0.717, 1.165) is 4.90 Å². The number of aliphatic hydroxyl groups is 1. The van der Waals surface area contributed by atoms with Crippen LogP contribution in [0, 0.1) is 0 Å². The van der Waals surface area contributed by atoms with Crippen LogP contribution in [0.3, 0.4) is 0 Å². The van der Waals surface area contributed by atoms with E-state index in [9.17, 15) is 28.8 Å². The predicted molar refractivity (Wildman–Crippen MR) is 111 cm³/mol. The lowest BCUT2D eigenvalue weighted by molar-refractivity contribution is -0.150. The number of hydrogen-bond donors (Lipinski definition) is 4. The highest BCUT2D eigenvalue weighted by Crippen LogP contribution is 2.34. The van der Waals surface area contributed by atoms with Gasteiger partial charge < -0.3 is 20.8 Å². The summed E-state index contributed by atoms with van der Waals surface area (Å²) < 4.78 is 12.4. The molecule has 2 aliphatic rings. The number of carboxylic acid groups (broad SMARTS) is 1. The Morgan fingerprint density at radius 2 is 2.00 bits per heavy atom. The maximum atomic E-state index is 12.4. The molecule has 12 heteroatoms. The molecular weight excluding hydrogens is 420 g/mol. The van der Waals surface area contributed by atoms with Crippen LogP contribution in [0.1, 0.15) is 27.7 Å². The molecule has 0 aromatic carbocycles. The Labute approximate surface area is 175 Å². The summed E-state index contributed by atoms with van der Waals surface area (Å²) in [5.74, 6) is -2.63. The maximum Gasteiger partial charge on any atom is 0.352 e. The second-order valence-corrected chi connectivity index (χ2v) is 9.70. The fourth-order valence-electron chi connectivity index (χ4n) is 2.92. The molecule has 1 fully saturated rings. The largest absolute Gasteiger partial charge is 0.477 e. The van der Waals surface area contributed by atoms with E-state index in [1.807, 2.05) is 27.7 Å². The van der Waals surface area contributed by atoms with E-state index in [2.05, 4.69) is 15.6 Å². The first-order valence-electron chi connectivity index (χ1n) is 9.09. The Morgan fingerprint density at radius 1 is 1.34 bits per heavy atom. The summed E-state index contributed by atoms with van der Waals surface area (Å²) >= 11 is 1.19. The fourth-order valence-corrected chi connectivity index (χ4v) is 5.55. The number of amides is 2. The van der Waals surface area contributed by atoms with Gasteiger partial charge in [-0.15, -0.1) is 0 Å². The van der Waals surface area contributed by atoms with Crippen molar-refractivity contribution >= 4 is 45.5 Å². The molecule has 2 amide bonds. The zero-order chi connectivity index (χ0) is 21.9. The molecule has 29 heavy (non-hydrogen) atoms. The predicted octanol–water partition coefficient (Wildman–Crippen LogP) is -0.772. The van der Waals surface area contributed by atoms with Crippen LogP contribution in [-0.2, 0) is 25.2 Å². The Balaban J connectivity index is 2.04. The Kier molecular flexibility index (Phi) is 7.83. The Hall–Kier alpha value is -1.92. The number of carbonyl (C=O) groups excluding carboxylic acids is 2. The number of amidine groups is 1. The van der Waals surface area contributed by atoms with Gasteiger partial charge in [-0.3, -0.25) is 23.7 Å². The van der Waals surface area contributed by atoms with Gasteiger partial charge in [0.15, 0.2) is 5.17 Å². The number of nitrogens with zero attached hydrogens (tertiary/aromatic N) is 2. The first-order valence-corrected chi connectivity index (χ1v) is 11.5. The normalized spacial score (nSPS) is 24.5. The minimum absolute atomic E-state index is 0.00206. The molecule has 2 rings (SSSR count). The first-order chi connectivity index (χ1) is 13.6. The van der Waals surface area contributed by atoms with Crippen LogP contribution < -0.4 is 10.6 Å². The van der Waals surface area contributed by atoms with Crippen LogP contribution in [0.4, 0.5) is 0 Å². The van der Waals surface area contributed by atoms with Crippen LogP contribution in [0.2, 0.25) is 0 Å². The molecular formula is C17H26N4O6S2. The summed E-state index contributed by atoms with van der Waals surface area (Å²) in [6, 6.07) is -0.876. The first kappa shape index (κ1) is 23.4. The third kappa shape index (κ3) is 5.37. The number of fused-ring (bicyclic) bond motifs is 1. The lowest BCUT2D eigenvalue weighted by Gasteiger charge is -2.48. The molecule has 4 N–H and O–H groups in total. The third-order valence-corrected chi connectivity index (χ3v) is 6.60. The second kappa shape index (κ2) is 9.72. The molecule has 0 aromatic rings. The van der Waals surface area contributed by atoms with Gasteiger partial charge in [0.05, 0.1) is 28.9 Å². The van der Waals surface area contributed by atoms with E-state index in [1.54, 1.807) is 0 Å². The van der Waals surface area contributed by atoms with E-state index < -0.39 is 46.6 Å². The number of carbonyl (C=O) groups is 3. The topological polar surface area (TPSA) is 148 Å². The molecule has 0 aromatic heterocycles. The van der Waals surface area contributed by atoms with Crippen LogP contribution >= 0.6 is 11.8 Å². The van der Waals surface area contributed by atoms with Gasteiger partial charge in [0.2, 0.25) is 5.91 Å². The number of hydrogen-bond acceptors (Lipinski definition) is 7. The lowest BCUT2D eigenvalue weighted by atomic mass is 10.0. The number of aliphatic carboxylic acids is 1. The molecule has 162 valence electrons. The van der Waals surface area contributed by atoms with Crippen molar-refractivity contribution in [1.29, 1.82) is 0 Å². The number of rotatable bonds is 7. The van der Waals surface area contributed by atoms with Crippen LogP contribution in [-0.4, -0.2) is 83.9 Å². The summed E-state index contributed by atoms with van der Waals surface area (Å²) in [6.45, 7) is 7.13. The van der Waals surface area contributed by atoms with Gasteiger partial charge in [0, 0.05) is 12.1 Å². The average molecular weight is 447 g/mol. The average Bonchev–Trinajstić information content (AvgIpc) is 2.62. The minimum atomic E-state index is -1.62. The van der Waals surface area contributed by atoms with Crippen LogP contribution in [0.25, 0.3) is 0 Å². The molecule has 2 heterocycles. The SMILES string of the molecule is CC(C)N=C(NC(C)C)SCC(=O)N[C@@H]1C(=O)N2C(C(=O)O)=C(CO)CS(=O)[C@H]12. The van der Waals surface area contributed by atoms with Crippen molar-refractivity contribution in [3.05, 3.63) is 11.3 Å². The van der Waals surface area contributed by atoms with Crippen molar-refractivity contribution in [2.45, 2.75) is 51.2 Å². The standard InChI is InChI=1S/C17H26N4O6S2/c1-8(2)18-17(19-9(3)4)28-6-11(23)20-12-14(24)21-13(16(25)26)10(5-22)7-29(27)15(12)21/h8-9,12,15,22H,5-7H2,1-4H3,(H,18,19)(H,20,23)(H,25,26)/t12-,15-,29?/m1/s1. The van der Waals surface area contributed by atoms with Crippen LogP contribution in [0.15, 0.2) is 16.3 Å². The molecule has 3 atom stereocenters. The molecule has 10 nitrogen and oxygen atoms in total. The summed E-state index contributed by atoms with van der Waals surface area (Å²) in [6.07, 6.45) is 0. The second-order valence-electron chi connectivity index (χ2n) is 7.20. The number of nitrogens with one attached hydrogen (secondary N) is 2. The van der Waals surface area contributed by atoms with E-state index >= 15 is 0 Å². The number of carboxylic acids is 1. The number of aliphatic imine (C=N–C) groups is 1. The van der Waals surface area contributed by atoms with Gasteiger partial charge >= 0.3 is 5.97 Å². The third-order valence-electron chi connectivity index (χ3n) is 4.04. The molecule has 0 radical (unpaired) electrons. The summed E-state index contributed by atoms with van der Waals surface area (Å²) in [4.78, 5) is 41.6. The number of β-lactam (4-membered cyclic amide) rings is 1. The fraction of sp³-hybridized carbons (Fsp3) is 0.647. The van der Waals surface area contributed by atoms with Crippen LogP contribution in [0.5, 0.6) is 0 Å². The summed E-state index contributed by atoms with van der Waals surface area (Å²) in [5, 5.41) is 24.0. The maximum absolute atomic E-state index is 12.4. The van der Waals surface area contributed by atoms with Crippen molar-refractivity contribution in [1.82, 2.24) is 15.5 Å². The van der Waals surface area contributed by atoms with Gasteiger partial charge in [-0.1, -0.05) is 11.8 Å².